The summed E-state index contributed by atoms with van der Waals surface area (Å²) in [5.74, 6) is 10.6. The fourth-order valence-electron chi connectivity index (χ4n) is 7.55. The van der Waals surface area contributed by atoms with E-state index in [4.69, 9.17) is 4.74 Å². The van der Waals surface area contributed by atoms with E-state index < -0.39 is 43.3 Å². The Kier molecular flexibility index (Phi) is 53.5. The van der Waals surface area contributed by atoms with Crippen LogP contribution >= 0.6 is 23.1 Å². The number of unbranched alkanes of at least 4 members (excludes halogenated alkanes) is 1. The molecule has 0 N–H and O–H groups in total. The molecule has 0 aliphatic heterocycles. The highest BCUT2D eigenvalue weighted by Crippen LogP contribution is 2.32. The molecule has 6 aromatic carbocycles. The molecule has 1 fully saturated rings. The van der Waals surface area contributed by atoms with Gasteiger partial charge in [0.05, 0.1) is 29.7 Å². The monoisotopic (exact) mass is 1520 g/mol. The Hall–Kier alpha value is -8.36. The molecule has 0 bridgehead atoms. The van der Waals surface area contributed by atoms with Gasteiger partial charge in [0.2, 0.25) is 0 Å². The SMILES string of the molecule is CC#CC1CC1.CC#C[Si](C)(C)C.CCCCC(CC)COC(=O)CCSC.Cc1ccc(C(F)(F)F)cc1.Cc1ccc(F)cc1.Cc1cccc(C(F)(F)F)c1.Cc1cccc(F)c1.Cc1ccccc1C(F)(F)F.Cc1ccccc1F.Cc1cccnc1.Cc1cccs1.Cc1ccncc1. The van der Waals surface area contributed by atoms with Crippen molar-refractivity contribution in [2.45, 2.75) is 173 Å². The first-order valence-corrected chi connectivity index (χ1v) is 39.9. The predicted octanol–water partition coefficient (Wildman–Crippen LogP) is 27.1. The number of nitrogens with zero attached hydrogens (tertiary/aromatic N) is 2. The lowest BCUT2D eigenvalue weighted by Gasteiger charge is -2.14. The van der Waals surface area contributed by atoms with Crippen molar-refractivity contribution < 1.29 is 62.2 Å². The number of halogens is 12. The first-order valence-electron chi connectivity index (χ1n) is 34.1. The van der Waals surface area contributed by atoms with E-state index >= 15 is 0 Å². The lowest BCUT2D eigenvalue weighted by atomic mass is 10.0. The third kappa shape index (κ3) is 58.6. The molecule has 1 saturated carbocycles. The van der Waals surface area contributed by atoms with Crippen molar-refractivity contribution >= 4 is 37.1 Å². The minimum absolute atomic E-state index is 0.0423. The number of thioether (sulfide) groups is 1. The van der Waals surface area contributed by atoms with E-state index in [1.165, 1.54) is 116 Å². The molecule has 1 atom stereocenters. The van der Waals surface area contributed by atoms with Crippen LogP contribution in [0.1, 0.15) is 139 Å². The van der Waals surface area contributed by atoms with Gasteiger partial charge in [0.15, 0.2) is 0 Å². The topological polar surface area (TPSA) is 52.1 Å². The predicted molar refractivity (Wildman–Crippen MR) is 419 cm³/mol. The molecular weight excluding hydrogens is 1410 g/mol. The molecule has 0 spiro atoms. The fraction of sp³-hybridized carbons (Fsp3) is 0.360. The fourth-order valence-corrected chi connectivity index (χ4v) is 9.20. The molecule has 9 aromatic rings. The number of hydrogen-bond donors (Lipinski definition) is 0. The van der Waals surface area contributed by atoms with Gasteiger partial charge >= 0.3 is 24.5 Å². The molecule has 105 heavy (non-hydrogen) atoms. The molecule has 10 rings (SSSR count). The zero-order valence-corrected chi connectivity index (χ0v) is 66.4. The molecule has 0 radical (unpaired) electrons. The van der Waals surface area contributed by atoms with Gasteiger partial charge in [0, 0.05) is 41.3 Å². The van der Waals surface area contributed by atoms with Gasteiger partial charge in [-0.05, 0) is 220 Å². The van der Waals surface area contributed by atoms with Crippen LogP contribution in [0.5, 0.6) is 0 Å². The van der Waals surface area contributed by atoms with E-state index in [-0.39, 0.29) is 29.0 Å². The van der Waals surface area contributed by atoms with E-state index in [9.17, 15) is 57.5 Å². The number of benzene rings is 6. The molecule has 19 heteroatoms. The largest absolute Gasteiger partial charge is 0.465 e. The molecule has 3 heterocycles. The van der Waals surface area contributed by atoms with Crippen molar-refractivity contribution in [1.82, 2.24) is 9.97 Å². The lowest BCUT2D eigenvalue weighted by Crippen LogP contribution is -2.15. The molecule has 1 unspecified atom stereocenters. The number of aromatic nitrogens is 2. The maximum atomic E-state index is 12.3. The summed E-state index contributed by atoms with van der Waals surface area (Å²) in [5, 5.41) is 2.08. The summed E-state index contributed by atoms with van der Waals surface area (Å²) >= 11 is 3.46. The summed E-state index contributed by atoms with van der Waals surface area (Å²) in [4.78, 5) is 20.4. The van der Waals surface area contributed by atoms with Crippen LogP contribution in [0.25, 0.3) is 0 Å². The molecule has 1 aliphatic rings. The van der Waals surface area contributed by atoms with E-state index in [1.54, 1.807) is 105 Å². The Morgan fingerprint density at radius 3 is 1.39 bits per heavy atom. The second-order valence-electron chi connectivity index (χ2n) is 24.8. The Labute approximate surface area is 628 Å². The maximum Gasteiger partial charge on any atom is 0.416 e. The molecule has 572 valence electrons. The lowest BCUT2D eigenvalue weighted by molar-refractivity contribution is -0.144. The second kappa shape index (κ2) is 57.0. The van der Waals surface area contributed by atoms with Crippen molar-refractivity contribution in [2.75, 3.05) is 18.6 Å². The summed E-state index contributed by atoms with van der Waals surface area (Å²) in [5.41, 5.74) is 8.38. The summed E-state index contributed by atoms with van der Waals surface area (Å²) in [6.07, 6.45) is 4.52. The van der Waals surface area contributed by atoms with E-state index in [1.807, 2.05) is 90.4 Å². The number of esters is 1. The number of aryl methyl sites for hydroxylation is 9. The zero-order valence-electron chi connectivity index (χ0n) is 63.8. The minimum Gasteiger partial charge on any atom is -0.465 e. The molecule has 3 aromatic heterocycles. The molecule has 1 aliphatic carbocycles. The van der Waals surface area contributed by atoms with Crippen molar-refractivity contribution in [1.29, 1.82) is 0 Å². The first-order chi connectivity index (χ1) is 49.3. The van der Waals surface area contributed by atoms with Gasteiger partial charge < -0.3 is 4.74 Å². The number of alkyl halides is 9. The standard InChI is InChI=1S/C12H24O2S.3C8H7F3.3C7H7F.2C6H7N.C6H12Si.C6H8.C5H6S/c1-4-6-7-11(5-2)10-14-12(13)8-9-15-3;1-6-2-4-7(5-3-6)8(9,10)11;1-6-3-2-4-7(5-6)8(9,10)11;1-6-4-2-3-5-7(6)8(9,10)11;1-6-2-4-7(8)5-3-6;1-6-3-2-4-7(8)5-6;1-6-4-2-3-5-7(6)8;1-6-2-4-7-5-3-6;1-6-3-2-4-7-5-6;1-5-6-7(2,3)4;1-2-3-6-4-5-6;1-5-3-2-4-6-5/h11H,4-10H2,1-3H3;3*2-5H,1H3;3*2-5H,1H3;2*2-5H,1H3;1-4H3;6H,4-5H2,1H3;2-4H,1H3. The van der Waals surface area contributed by atoms with Crippen LogP contribution in [0.4, 0.5) is 52.7 Å². The Morgan fingerprint density at radius 2 is 1.09 bits per heavy atom. The van der Waals surface area contributed by atoms with Gasteiger partial charge in [-0.1, -0.05) is 173 Å². The maximum absolute atomic E-state index is 12.3. The summed E-state index contributed by atoms with van der Waals surface area (Å²) in [6, 6.07) is 47.4. The van der Waals surface area contributed by atoms with Crippen LogP contribution < -0.4 is 0 Å². The third-order valence-corrected chi connectivity index (χ3v) is 15.9. The Morgan fingerprint density at radius 1 is 0.552 bits per heavy atom. The van der Waals surface area contributed by atoms with Crippen LogP contribution in [-0.2, 0) is 28.1 Å². The normalized spacial score (nSPS) is 10.9. The highest BCUT2D eigenvalue weighted by atomic mass is 32.2. The molecule has 0 amide bonds. The van der Waals surface area contributed by atoms with Crippen LogP contribution in [0, 0.1) is 115 Å². The Balaban J connectivity index is 0. The number of rotatable bonds is 9. The number of thiophene rings is 1. The van der Waals surface area contributed by atoms with Crippen LogP contribution in [-0.4, -0.2) is 42.6 Å². The van der Waals surface area contributed by atoms with Gasteiger partial charge in [-0.3, -0.25) is 14.8 Å². The number of pyridine rings is 2. The number of hydrogen-bond acceptors (Lipinski definition) is 6. The van der Waals surface area contributed by atoms with Gasteiger partial charge in [-0.15, -0.1) is 34.6 Å². The van der Waals surface area contributed by atoms with Crippen molar-refractivity contribution in [2.24, 2.45) is 11.8 Å². The number of carbonyl (C=O) groups excluding carboxylic acids is 1. The number of ether oxygens (including phenoxy) is 1. The van der Waals surface area contributed by atoms with Crippen LogP contribution in [0.15, 0.2) is 212 Å². The second-order valence-corrected chi connectivity index (χ2v) is 31.7. The quantitative estimate of drug-likeness (QED) is 0.0624. The van der Waals surface area contributed by atoms with Crippen molar-refractivity contribution in [3.8, 4) is 23.3 Å². The third-order valence-electron chi connectivity index (χ3n) is 13.5. The van der Waals surface area contributed by atoms with Crippen molar-refractivity contribution in [3.63, 3.8) is 0 Å². The van der Waals surface area contributed by atoms with Crippen LogP contribution in [0.2, 0.25) is 19.6 Å². The Bertz CT molecular complexity index is 3680. The van der Waals surface area contributed by atoms with E-state index in [0.717, 1.165) is 65.1 Å². The molecule has 0 saturated heterocycles. The minimum atomic E-state index is -4.22. The molecular formula is C86H106F12N2O2S2Si. The van der Waals surface area contributed by atoms with Gasteiger partial charge in [-0.25, -0.2) is 13.2 Å². The smallest absolute Gasteiger partial charge is 0.416 e. The number of carbonyl (C=O) groups is 1. The van der Waals surface area contributed by atoms with Gasteiger partial charge in [0.25, 0.3) is 0 Å². The summed E-state index contributed by atoms with van der Waals surface area (Å²) in [6.45, 7) is 32.0. The highest BCUT2D eigenvalue weighted by Gasteiger charge is 2.32. The molecule has 4 nitrogen and oxygen atoms in total. The zero-order chi connectivity index (χ0) is 79.9. The van der Waals surface area contributed by atoms with Crippen LogP contribution in [0.3, 0.4) is 0 Å². The van der Waals surface area contributed by atoms with Gasteiger partial charge in [0.1, 0.15) is 25.5 Å². The van der Waals surface area contributed by atoms with E-state index in [2.05, 4.69) is 91.2 Å². The summed E-state index contributed by atoms with van der Waals surface area (Å²) in [7, 11) is -1.02. The summed E-state index contributed by atoms with van der Waals surface area (Å²) < 4.78 is 150. The first kappa shape index (κ1) is 98.7. The van der Waals surface area contributed by atoms with E-state index in [0.29, 0.717) is 30.1 Å². The average Bonchev–Trinajstić information content (AvgIpc) is 1.84. The van der Waals surface area contributed by atoms with Crippen molar-refractivity contribution in [3.05, 3.63) is 296 Å². The highest BCUT2D eigenvalue weighted by molar-refractivity contribution is 7.98. The van der Waals surface area contributed by atoms with Gasteiger partial charge in [-0.2, -0.15) is 51.3 Å². The average molecular weight is 1520 g/mol.